The SMILES string of the molecule is CCOC(=O)C(NC(C)C(=O)N(C)C)c1ccccc1. The molecule has 0 aliphatic heterocycles. The van der Waals surface area contributed by atoms with E-state index in [1.807, 2.05) is 30.3 Å². The summed E-state index contributed by atoms with van der Waals surface area (Å²) < 4.78 is 5.07. The molecule has 0 fully saturated rings. The molecular weight excluding hydrogens is 256 g/mol. The molecule has 0 saturated carbocycles. The molecule has 0 radical (unpaired) electrons. The van der Waals surface area contributed by atoms with Gasteiger partial charge in [0.25, 0.3) is 0 Å². The van der Waals surface area contributed by atoms with E-state index in [0.717, 1.165) is 5.56 Å². The fraction of sp³-hybridized carbons (Fsp3) is 0.467. The molecular formula is C15H22N2O3. The van der Waals surface area contributed by atoms with Crippen molar-refractivity contribution in [3.05, 3.63) is 35.9 Å². The summed E-state index contributed by atoms with van der Waals surface area (Å²) in [7, 11) is 3.37. The largest absolute Gasteiger partial charge is 0.465 e. The maximum Gasteiger partial charge on any atom is 0.327 e. The van der Waals surface area contributed by atoms with Crippen LogP contribution in [0.15, 0.2) is 30.3 Å². The van der Waals surface area contributed by atoms with Gasteiger partial charge < -0.3 is 9.64 Å². The van der Waals surface area contributed by atoms with E-state index in [0.29, 0.717) is 6.61 Å². The van der Waals surface area contributed by atoms with Crippen LogP contribution >= 0.6 is 0 Å². The van der Waals surface area contributed by atoms with Crippen molar-refractivity contribution in [3.8, 4) is 0 Å². The van der Waals surface area contributed by atoms with Crippen LogP contribution in [0.2, 0.25) is 0 Å². The highest BCUT2D eigenvalue weighted by Crippen LogP contribution is 2.15. The van der Waals surface area contributed by atoms with E-state index < -0.39 is 12.1 Å². The number of esters is 1. The summed E-state index contributed by atoms with van der Waals surface area (Å²) in [6, 6.07) is 8.13. The van der Waals surface area contributed by atoms with Gasteiger partial charge in [0.05, 0.1) is 12.6 Å². The maximum absolute atomic E-state index is 12.1. The Morgan fingerprint density at radius 3 is 2.35 bits per heavy atom. The predicted molar refractivity (Wildman–Crippen MR) is 77.1 cm³/mol. The molecule has 5 nitrogen and oxygen atoms in total. The number of likely N-dealkylation sites (N-methyl/N-ethyl adjacent to an activating group) is 1. The summed E-state index contributed by atoms with van der Waals surface area (Å²) in [5, 5.41) is 3.03. The molecule has 0 bridgehead atoms. The Kier molecular flexibility index (Phi) is 6.18. The number of carbonyl (C=O) groups excluding carboxylic acids is 2. The van der Waals surface area contributed by atoms with E-state index in [1.54, 1.807) is 27.9 Å². The number of ether oxygens (including phenoxy) is 1. The molecule has 0 aromatic heterocycles. The van der Waals surface area contributed by atoms with E-state index in [9.17, 15) is 9.59 Å². The van der Waals surface area contributed by atoms with E-state index >= 15 is 0 Å². The first-order valence-electron chi connectivity index (χ1n) is 6.66. The molecule has 0 saturated heterocycles. The zero-order valence-corrected chi connectivity index (χ0v) is 12.4. The summed E-state index contributed by atoms with van der Waals surface area (Å²) in [5.74, 6) is -0.465. The molecule has 0 spiro atoms. The second-order valence-electron chi connectivity index (χ2n) is 4.72. The van der Waals surface area contributed by atoms with Crippen molar-refractivity contribution >= 4 is 11.9 Å². The molecule has 5 heteroatoms. The van der Waals surface area contributed by atoms with Crippen LogP contribution in [0.25, 0.3) is 0 Å². The maximum atomic E-state index is 12.1. The number of amides is 1. The van der Waals surface area contributed by atoms with Gasteiger partial charge in [0.15, 0.2) is 0 Å². The van der Waals surface area contributed by atoms with Crippen LogP contribution in [0.1, 0.15) is 25.5 Å². The van der Waals surface area contributed by atoms with Crippen molar-refractivity contribution in [2.45, 2.75) is 25.9 Å². The van der Waals surface area contributed by atoms with Crippen LogP contribution in [-0.4, -0.2) is 43.5 Å². The number of hydrogen-bond donors (Lipinski definition) is 1. The van der Waals surface area contributed by atoms with Crippen molar-refractivity contribution < 1.29 is 14.3 Å². The fourth-order valence-corrected chi connectivity index (χ4v) is 1.88. The molecule has 1 N–H and O–H groups in total. The van der Waals surface area contributed by atoms with Gasteiger partial charge in [-0.15, -0.1) is 0 Å². The Balaban J connectivity index is 2.89. The van der Waals surface area contributed by atoms with Crippen LogP contribution in [0.5, 0.6) is 0 Å². The fourth-order valence-electron chi connectivity index (χ4n) is 1.88. The molecule has 1 aromatic carbocycles. The Morgan fingerprint density at radius 1 is 1.25 bits per heavy atom. The second-order valence-corrected chi connectivity index (χ2v) is 4.72. The lowest BCUT2D eigenvalue weighted by molar-refractivity contribution is -0.146. The van der Waals surface area contributed by atoms with Crippen molar-refractivity contribution in [3.63, 3.8) is 0 Å². The molecule has 0 aliphatic rings. The molecule has 2 atom stereocenters. The third-order valence-electron chi connectivity index (χ3n) is 2.88. The Labute approximate surface area is 119 Å². The number of benzene rings is 1. The molecule has 1 rings (SSSR count). The third-order valence-corrected chi connectivity index (χ3v) is 2.88. The number of rotatable bonds is 6. The zero-order chi connectivity index (χ0) is 15.1. The summed E-state index contributed by atoms with van der Waals surface area (Å²) in [6.45, 7) is 3.80. The number of nitrogens with zero attached hydrogens (tertiary/aromatic N) is 1. The summed E-state index contributed by atoms with van der Waals surface area (Å²) in [4.78, 5) is 25.5. The minimum absolute atomic E-state index is 0.0878. The molecule has 1 amide bonds. The average Bonchev–Trinajstić information content (AvgIpc) is 2.44. The zero-order valence-electron chi connectivity index (χ0n) is 12.4. The van der Waals surface area contributed by atoms with Gasteiger partial charge in [0.2, 0.25) is 5.91 Å². The van der Waals surface area contributed by atoms with Gasteiger partial charge in [0, 0.05) is 14.1 Å². The van der Waals surface area contributed by atoms with E-state index in [2.05, 4.69) is 5.32 Å². The Bertz CT molecular complexity index is 446. The summed E-state index contributed by atoms with van der Waals surface area (Å²) in [6.07, 6.45) is 0. The van der Waals surface area contributed by atoms with Gasteiger partial charge in [-0.25, -0.2) is 4.79 Å². The normalized spacial score (nSPS) is 13.4. The van der Waals surface area contributed by atoms with E-state index in [4.69, 9.17) is 4.74 Å². The van der Waals surface area contributed by atoms with Gasteiger partial charge >= 0.3 is 5.97 Å². The highest BCUT2D eigenvalue weighted by molar-refractivity contribution is 5.83. The monoisotopic (exact) mass is 278 g/mol. The molecule has 110 valence electrons. The van der Waals surface area contributed by atoms with Crippen LogP contribution in [0, 0.1) is 0 Å². The van der Waals surface area contributed by atoms with Crippen molar-refractivity contribution in [2.24, 2.45) is 0 Å². The smallest absolute Gasteiger partial charge is 0.327 e. The molecule has 1 aromatic rings. The molecule has 0 heterocycles. The molecule has 20 heavy (non-hydrogen) atoms. The quantitative estimate of drug-likeness (QED) is 0.798. The van der Waals surface area contributed by atoms with E-state index in [1.165, 1.54) is 4.90 Å². The minimum atomic E-state index is -0.643. The van der Waals surface area contributed by atoms with Gasteiger partial charge in [-0.3, -0.25) is 10.1 Å². The lowest BCUT2D eigenvalue weighted by Gasteiger charge is -2.23. The lowest BCUT2D eigenvalue weighted by atomic mass is 10.1. The number of carbonyl (C=O) groups is 2. The van der Waals surface area contributed by atoms with Crippen LogP contribution < -0.4 is 5.32 Å². The lowest BCUT2D eigenvalue weighted by Crippen LogP contribution is -2.45. The Morgan fingerprint density at radius 2 is 1.85 bits per heavy atom. The standard InChI is InChI=1S/C15H22N2O3/c1-5-20-15(19)13(12-9-7-6-8-10-12)16-11(2)14(18)17(3)4/h6-11,13,16H,5H2,1-4H3. The predicted octanol–water partition coefficient (Wildman–Crippen LogP) is 1.36. The van der Waals surface area contributed by atoms with E-state index in [-0.39, 0.29) is 11.9 Å². The van der Waals surface area contributed by atoms with Gasteiger partial charge in [-0.2, -0.15) is 0 Å². The van der Waals surface area contributed by atoms with Gasteiger partial charge in [-0.05, 0) is 19.4 Å². The van der Waals surface area contributed by atoms with Crippen molar-refractivity contribution in [2.75, 3.05) is 20.7 Å². The molecule has 2 unspecified atom stereocenters. The minimum Gasteiger partial charge on any atom is -0.465 e. The first-order chi connectivity index (χ1) is 9.47. The summed E-state index contributed by atoms with van der Waals surface area (Å²) >= 11 is 0. The van der Waals surface area contributed by atoms with Gasteiger partial charge in [0.1, 0.15) is 6.04 Å². The highest BCUT2D eigenvalue weighted by Gasteiger charge is 2.26. The second kappa shape index (κ2) is 7.65. The van der Waals surface area contributed by atoms with Gasteiger partial charge in [-0.1, -0.05) is 30.3 Å². The topological polar surface area (TPSA) is 58.6 Å². The first kappa shape index (κ1) is 16.2. The Hall–Kier alpha value is -1.88. The highest BCUT2D eigenvalue weighted by atomic mass is 16.5. The van der Waals surface area contributed by atoms with Crippen molar-refractivity contribution in [1.82, 2.24) is 10.2 Å². The van der Waals surface area contributed by atoms with Crippen LogP contribution in [0.4, 0.5) is 0 Å². The van der Waals surface area contributed by atoms with Crippen molar-refractivity contribution in [1.29, 1.82) is 0 Å². The summed E-state index contributed by atoms with van der Waals surface area (Å²) in [5.41, 5.74) is 0.782. The van der Waals surface area contributed by atoms with Crippen LogP contribution in [0.3, 0.4) is 0 Å². The average molecular weight is 278 g/mol. The number of nitrogens with one attached hydrogen (secondary N) is 1. The molecule has 0 aliphatic carbocycles. The number of hydrogen-bond acceptors (Lipinski definition) is 4. The first-order valence-corrected chi connectivity index (χ1v) is 6.66. The van der Waals surface area contributed by atoms with Crippen LogP contribution in [-0.2, 0) is 14.3 Å². The third kappa shape index (κ3) is 4.35.